The molecule has 0 unspecified atom stereocenters. The number of rotatable bonds is 9. The van der Waals surface area contributed by atoms with Crippen LogP contribution in [0.15, 0.2) is 60.0 Å². The zero-order chi connectivity index (χ0) is 21.7. The monoisotopic (exact) mass is 447 g/mol. The average molecular weight is 448 g/mol. The molecule has 30 heavy (non-hydrogen) atoms. The minimum atomic E-state index is -3.89. The van der Waals surface area contributed by atoms with Crippen molar-refractivity contribution in [1.82, 2.24) is 14.7 Å². The maximum atomic E-state index is 13.5. The Kier molecular flexibility index (Phi) is 7.22. The molecule has 1 atom stereocenters. The number of likely N-dealkylation sites (N-methyl/N-ethyl adjacent to an activating group) is 1. The third-order valence-electron chi connectivity index (χ3n) is 4.75. The van der Waals surface area contributed by atoms with Crippen LogP contribution in [-0.4, -0.2) is 55.9 Å². The number of nitrogens with one attached hydrogen (secondary N) is 1. The van der Waals surface area contributed by atoms with E-state index in [0.717, 1.165) is 10.1 Å². The molecule has 160 valence electrons. The van der Waals surface area contributed by atoms with Crippen LogP contribution >= 0.6 is 11.3 Å². The Labute approximate surface area is 180 Å². The summed E-state index contributed by atoms with van der Waals surface area (Å²) in [7, 11) is -0.223. The molecule has 0 aliphatic heterocycles. The Morgan fingerprint density at radius 1 is 1.10 bits per heavy atom. The minimum absolute atomic E-state index is 0.100. The highest BCUT2D eigenvalue weighted by Gasteiger charge is 2.36. The Balaban J connectivity index is 1.99. The first-order valence-corrected chi connectivity index (χ1v) is 11.9. The molecule has 0 radical (unpaired) electrons. The summed E-state index contributed by atoms with van der Waals surface area (Å²) >= 11 is 1.59. The maximum Gasteiger partial charge on any atom is 0.266 e. The van der Waals surface area contributed by atoms with Gasteiger partial charge in [0.25, 0.3) is 5.91 Å². The second-order valence-corrected chi connectivity index (χ2v) is 10.1. The second-order valence-electron chi connectivity index (χ2n) is 7.25. The van der Waals surface area contributed by atoms with Gasteiger partial charge in [-0.3, -0.25) is 10.0 Å². The molecule has 0 saturated heterocycles. The van der Waals surface area contributed by atoms with Crippen LogP contribution in [-0.2, 0) is 20.6 Å². The largest absolute Gasteiger partial charge is 0.308 e. The van der Waals surface area contributed by atoms with Gasteiger partial charge in [-0.1, -0.05) is 36.4 Å². The summed E-state index contributed by atoms with van der Waals surface area (Å²) in [6, 6.07) is 14.9. The second kappa shape index (κ2) is 9.67. The summed E-state index contributed by atoms with van der Waals surface area (Å²) < 4.78 is 29.2. The highest BCUT2D eigenvalue weighted by molar-refractivity contribution is 7.88. The molecule has 2 aromatic carbocycles. The summed E-state index contributed by atoms with van der Waals surface area (Å²) in [5, 5.41) is 12.3. The number of carbonyl (C=O) groups excluding carboxylic acids is 1. The number of hydrogen-bond acceptors (Lipinski definition) is 6. The van der Waals surface area contributed by atoms with Gasteiger partial charge in [-0.15, -0.1) is 11.3 Å². The van der Waals surface area contributed by atoms with Crippen molar-refractivity contribution in [2.75, 3.05) is 27.2 Å². The first kappa shape index (κ1) is 22.4. The summed E-state index contributed by atoms with van der Waals surface area (Å²) in [5.41, 5.74) is 2.76. The van der Waals surface area contributed by atoms with Crippen molar-refractivity contribution in [1.29, 1.82) is 0 Å². The molecule has 9 heteroatoms. The number of hydrogen-bond donors (Lipinski definition) is 2. The van der Waals surface area contributed by atoms with E-state index >= 15 is 0 Å². The average Bonchev–Trinajstić information content (AvgIpc) is 3.18. The van der Waals surface area contributed by atoms with Crippen molar-refractivity contribution >= 4 is 37.4 Å². The van der Waals surface area contributed by atoms with E-state index in [0.29, 0.717) is 17.7 Å². The van der Waals surface area contributed by atoms with E-state index in [1.54, 1.807) is 53.2 Å². The smallest absolute Gasteiger partial charge is 0.266 e. The fourth-order valence-corrected chi connectivity index (χ4v) is 5.71. The molecular formula is C21H25N3O4S2. The van der Waals surface area contributed by atoms with E-state index in [-0.39, 0.29) is 12.3 Å². The van der Waals surface area contributed by atoms with Crippen LogP contribution < -0.4 is 5.48 Å². The first-order valence-electron chi connectivity index (χ1n) is 9.41. The van der Waals surface area contributed by atoms with Crippen molar-refractivity contribution < 1.29 is 18.4 Å². The topological polar surface area (TPSA) is 89.9 Å². The van der Waals surface area contributed by atoms with E-state index in [1.165, 1.54) is 4.31 Å². The number of fused-ring (bicyclic) bond motifs is 1. The minimum Gasteiger partial charge on any atom is -0.308 e. The van der Waals surface area contributed by atoms with E-state index in [1.807, 2.05) is 42.6 Å². The van der Waals surface area contributed by atoms with E-state index in [9.17, 15) is 18.4 Å². The van der Waals surface area contributed by atoms with Gasteiger partial charge in [0.1, 0.15) is 6.04 Å². The van der Waals surface area contributed by atoms with Crippen LogP contribution in [0.25, 0.3) is 10.1 Å². The molecule has 1 amide bonds. The maximum absolute atomic E-state index is 13.5. The normalized spacial score (nSPS) is 13.1. The quantitative estimate of drug-likeness (QED) is 0.389. The van der Waals surface area contributed by atoms with Crippen LogP contribution in [0, 0.1) is 0 Å². The van der Waals surface area contributed by atoms with Gasteiger partial charge in [0.15, 0.2) is 0 Å². The molecule has 1 heterocycles. The van der Waals surface area contributed by atoms with E-state index in [4.69, 9.17) is 0 Å². The van der Waals surface area contributed by atoms with Crippen LogP contribution in [0.3, 0.4) is 0 Å². The molecule has 0 aliphatic rings. The zero-order valence-corrected chi connectivity index (χ0v) is 18.5. The number of hydroxylamine groups is 1. The fourth-order valence-electron chi connectivity index (χ4n) is 3.27. The van der Waals surface area contributed by atoms with Gasteiger partial charge in [0, 0.05) is 17.8 Å². The van der Waals surface area contributed by atoms with Crippen molar-refractivity contribution in [3.8, 4) is 0 Å². The van der Waals surface area contributed by atoms with Crippen LogP contribution in [0.5, 0.6) is 0 Å². The number of carbonyl (C=O) groups is 1. The zero-order valence-electron chi connectivity index (χ0n) is 16.9. The molecule has 0 fully saturated rings. The fraction of sp³-hybridized carbons (Fsp3) is 0.286. The van der Waals surface area contributed by atoms with Crippen LogP contribution in [0.2, 0.25) is 0 Å². The van der Waals surface area contributed by atoms with Gasteiger partial charge in [-0.05, 0) is 54.2 Å². The molecular weight excluding hydrogens is 422 g/mol. The standard InChI is InChI=1S/C21H25N3O4S2/c1-23(2)11-12-24(20(21(25)22-26)17-6-4-3-5-7-17)30(27,28)15-16-8-9-19-18(14-16)10-13-29-19/h3-10,13-14,20,26H,11-12,15H2,1-2H3,(H,22,25)/t20-/m1/s1. The number of amides is 1. The SMILES string of the molecule is CN(C)CCN([C@@H](C(=O)NO)c1ccccc1)S(=O)(=O)Cc1ccc2sccc2c1. The lowest BCUT2D eigenvalue weighted by Crippen LogP contribution is -2.45. The Bertz CT molecular complexity index is 1100. The molecule has 1 aromatic heterocycles. The summed E-state index contributed by atoms with van der Waals surface area (Å²) in [5.74, 6) is -1.04. The number of sulfonamides is 1. The molecule has 3 rings (SSSR count). The van der Waals surface area contributed by atoms with E-state index < -0.39 is 22.0 Å². The lowest BCUT2D eigenvalue weighted by molar-refractivity contribution is -0.133. The van der Waals surface area contributed by atoms with Gasteiger partial charge in [-0.25, -0.2) is 13.9 Å². The van der Waals surface area contributed by atoms with Crippen LogP contribution in [0.1, 0.15) is 17.2 Å². The Morgan fingerprint density at radius 2 is 1.83 bits per heavy atom. The number of nitrogens with zero attached hydrogens (tertiary/aromatic N) is 2. The van der Waals surface area contributed by atoms with Gasteiger partial charge < -0.3 is 4.90 Å². The molecule has 0 bridgehead atoms. The van der Waals surface area contributed by atoms with Crippen LogP contribution in [0.4, 0.5) is 0 Å². The third-order valence-corrected chi connectivity index (χ3v) is 7.46. The van der Waals surface area contributed by atoms with Crippen molar-refractivity contribution in [2.45, 2.75) is 11.8 Å². The molecule has 3 aromatic rings. The van der Waals surface area contributed by atoms with Gasteiger partial charge in [0.2, 0.25) is 10.0 Å². The summed E-state index contributed by atoms with van der Waals surface area (Å²) in [6.07, 6.45) is 0. The number of thiophene rings is 1. The van der Waals surface area contributed by atoms with Crippen molar-refractivity contribution in [3.63, 3.8) is 0 Å². The van der Waals surface area contributed by atoms with Gasteiger partial charge >= 0.3 is 0 Å². The third kappa shape index (κ3) is 5.24. The predicted octanol–water partition coefficient (Wildman–Crippen LogP) is 2.84. The lowest BCUT2D eigenvalue weighted by Gasteiger charge is -2.30. The lowest BCUT2D eigenvalue weighted by atomic mass is 10.1. The Morgan fingerprint density at radius 3 is 2.50 bits per heavy atom. The molecule has 0 spiro atoms. The van der Waals surface area contributed by atoms with E-state index in [2.05, 4.69) is 0 Å². The molecule has 7 nitrogen and oxygen atoms in total. The summed E-state index contributed by atoms with van der Waals surface area (Å²) in [4.78, 5) is 14.4. The highest BCUT2D eigenvalue weighted by atomic mass is 32.2. The molecule has 2 N–H and O–H groups in total. The number of benzene rings is 2. The van der Waals surface area contributed by atoms with Crippen molar-refractivity contribution in [3.05, 3.63) is 71.1 Å². The molecule has 0 saturated carbocycles. The van der Waals surface area contributed by atoms with Gasteiger partial charge in [0.05, 0.1) is 5.75 Å². The van der Waals surface area contributed by atoms with Gasteiger partial charge in [-0.2, -0.15) is 4.31 Å². The summed E-state index contributed by atoms with van der Waals surface area (Å²) in [6.45, 7) is 0.522. The molecule has 0 aliphatic carbocycles. The predicted molar refractivity (Wildman–Crippen MR) is 119 cm³/mol. The first-order chi connectivity index (χ1) is 14.3. The highest BCUT2D eigenvalue weighted by Crippen LogP contribution is 2.28. The van der Waals surface area contributed by atoms with Crippen molar-refractivity contribution in [2.24, 2.45) is 0 Å². The Hall–Kier alpha value is -2.30.